The molecule has 0 spiro atoms. The van der Waals surface area contributed by atoms with Gasteiger partial charge in [0.05, 0.1) is 12.5 Å². The van der Waals surface area contributed by atoms with Crippen molar-refractivity contribution in [3.8, 4) is 0 Å². The van der Waals surface area contributed by atoms with Crippen molar-refractivity contribution < 1.29 is 44.1 Å². The van der Waals surface area contributed by atoms with Crippen LogP contribution in [0.2, 0.25) is 0 Å². The number of nitrogens with two attached hydrogens (primary N) is 1. The number of likely N-dealkylation sites (tertiary alicyclic amines) is 1. The minimum absolute atomic E-state index is 0.176. The molecule has 1 fully saturated rings. The summed E-state index contributed by atoms with van der Waals surface area (Å²) in [6.45, 7) is -0.536. The van der Waals surface area contributed by atoms with Gasteiger partial charge in [-0.3, -0.25) is 28.8 Å². The van der Waals surface area contributed by atoms with Gasteiger partial charge in [-0.05, 0) is 19.3 Å². The Balaban J connectivity index is 2.83. The van der Waals surface area contributed by atoms with E-state index >= 15 is 0 Å². The van der Waals surface area contributed by atoms with Crippen molar-refractivity contribution in [3.63, 3.8) is 0 Å². The van der Waals surface area contributed by atoms with Gasteiger partial charge in [-0.15, -0.1) is 0 Å². The van der Waals surface area contributed by atoms with Crippen LogP contribution in [0.25, 0.3) is 0 Å². The van der Waals surface area contributed by atoms with Crippen LogP contribution in [0.5, 0.6) is 0 Å². The molecule has 0 bridgehead atoms. The number of carbonyl (C=O) groups excluding carboxylic acids is 3. The number of carboxylic acid groups (broad SMARTS) is 3. The van der Waals surface area contributed by atoms with E-state index in [4.69, 9.17) is 21.1 Å². The van der Waals surface area contributed by atoms with E-state index < -0.39 is 73.1 Å². The van der Waals surface area contributed by atoms with Gasteiger partial charge in [-0.1, -0.05) is 0 Å². The van der Waals surface area contributed by atoms with E-state index in [0.29, 0.717) is 6.42 Å². The highest BCUT2D eigenvalue weighted by molar-refractivity contribution is 5.94. The van der Waals surface area contributed by atoms with Crippen molar-refractivity contribution in [2.75, 3.05) is 13.1 Å². The lowest BCUT2D eigenvalue weighted by Gasteiger charge is -2.27. The minimum atomic E-state index is -1.33. The van der Waals surface area contributed by atoms with Crippen LogP contribution in [0.1, 0.15) is 32.1 Å². The monoisotopic (exact) mass is 416 g/mol. The molecule has 7 N–H and O–H groups in total. The maximum atomic E-state index is 12.6. The first-order valence-corrected chi connectivity index (χ1v) is 8.82. The molecule has 29 heavy (non-hydrogen) atoms. The zero-order valence-electron chi connectivity index (χ0n) is 15.5. The summed E-state index contributed by atoms with van der Waals surface area (Å²) in [5.74, 6) is -6.13. The Bertz CT molecular complexity index is 681. The normalized spacial score (nSPS) is 17.8. The first-order valence-electron chi connectivity index (χ1n) is 8.82. The summed E-state index contributed by atoms with van der Waals surface area (Å²) in [7, 11) is 0. The zero-order chi connectivity index (χ0) is 22.1. The molecule has 1 heterocycles. The standard InChI is InChI=1S/C16H24N4O9/c17-8(6-12(23)24)16(29)20-5-1-2-10(20)15(28)19-9(3-4-11(21)22)14(27)18-7-13(25)26/h8-10H,1-7,17H2,(H,18,27)(H,19,28)(H,21,22)(H,23,24)(H,25,26). The molecule has 3 atom stereocenters. The highest BCUT2D eigenvalue weighted by Crippen LogP contribution is 2.19. The van der Waals surface area contributed by atoms with Crippen molar-refractivity contribution in [3.05, 3.63) is 0 Å². The highest BCUT2D eigenvalue weighted by atomic mass is 16.4. The third-order valence-electron chi connectivity index (χ3n) is 4.24. The molecule has 13 nitrogen and oxygen atoms in total. The van der Waals surface area contributed by atoms with Gasteiger partial charge in [0.2, 0.25) is 17.7 Å². The molecule has 0 saturated carbocycles. The number of carboxylic acids is 3. The Morgan fingerprint density at radius 2 is 1.69 bits per heavy atom. The van der Waals surface area contributed by atoms with E-state index in [0.717, 1.165) is 4.90 Å². The quantitative estimate of drug-likeness (QED) is 0.205. The van der Waals surface area contributed by atoms with Crippen LogP contribution >= 0.6 is 0 Å². The molecule has 3 unspecified atom stereocenters. The molecule has 0 aromatic carbocycles. The maximum absolute atomic E-state index is 12.6. The Morgan fingerprint density at radius 1 is 1.03 bits per heavy atom. The smallest absolute Gasteiger partial charge is 0.322 e. The molecule has 0 aromatic heterocycles. The molecule has 0 aromatic rings. The second-order valence-corrected chi connectivity index (χ2v) is 6.50. The second-order valence-electron chi connectivity index (χ2n) is 6.50. The topological polar surface area (TPSA) is 216 Å². The van der Waals surface area contributed by atoms with Crippen molar-refractivity contribution in [2.45, 2.75) is 50.2 Å². The number of nitrogens with one attached hydrogen (secondary N) is 2. The fourth-order valence-corrected chi connectivity index (χ4v) is 2.88. The summed E-state index contributed by atoms with van der Waals surface area (Å²) in [5, 5.41) is 30.6. The van der Waals surface area contributed by atoms with Gasteiger partial charge in [0, 0.05) is 13.0 Å². The first kappa shape index (κ1) is 23.8. The van der Waals surface area contributed by atoms with Crippen molar-refractivity contribution in [2.24, 2.45) is 5.73 Å². The Labute approximate surface area is 165 Å². The summed E-state index contributed by atoms with van der Waals surface area (Å²) >= 11 is 0. The van der Waals surface area contributed by atoms with E-state index in [1.165, 1.54) is 0 Å². The molecule has 0 radical (unpaired) electrons. The van der Waals surface area contributed by atoms with Crippen LogP contribution in [0, 0.1) is 0 Å². The Morgan fingerprint density at radius 3 is 2.24 bits per heavy atom. The van der Waals surface area contributed by atoms with Crippen molar-refractivity contribution >= 4 is 35.6 Å². The number of aliphatic carboxylic acids is 3. The molecule has 3 amide bonds. The number of rotatable bonds is 11. The van der Waals surface area contributed by atoms with Crippen LogP contribution in [0.4, 0.5) is 0 Å². The first-order chi connectivity index (χ1) is 13.5. The van der Waals surface area contributed by atoms with E-state index in [9.17, 15) is 28.8 Å². The lowest BCUT2D eigenvalue weighted by molar-refractivity contribution is -0.144. The fourth-order valence-electron chi connectivity index (χ4n) is 2.88. The summed E-state index contributed by atoms with van der Waals surface area (Å²) in [6.07, 6.45) is -0.648. The maximum Gasteiger partial charge on any atom is 0.322 e. The molecule has 1 aliphatic heterocycles. The van der Waals surface area contributed by atoms with Crippen LogP contribution in [-0.2, 0) is 28.8 Å². The van der Waals surface area contributed by atoms with Crippen LogP contribution in [0.3, 0.4) is 0 Å². The number of nitrogens with zero attached hydrogens (tertiary/aromatic N) is 1. The molecular formula is C16H24N4O9. The van der Waals surface area contributed by atoms with Gasteiger partial charge in [0.1, 0.15) is 18.6 Å². The lowest BCUT2D eigenvalue weighted by atomic mass is 10.1. The molecular weight excluding hydrogens is 392 g/mol. The van der Waals surface area contributed by atoms with Gasteiger partial charge < -0.3 is 36.6 Å². The van der Waals surface area contributed by atoms with Gasteiger partial charge >= 0.3 is 17.9 Å². The second kappa shape index (κ2) is 10.9. The molecule has 13 heteroatoms. The number of hydrogen-bond acceptors (Lipinski definition) is 7. The summed E-state index contributed by atoms with van der Waals surface area (Å²) in [4.78, 5) is 70.3. The molecule has 1 aliphatic rings. The Hall–Kier alpha value is -3.22. The largest absolute Gasteiger partial charge is 0.481 e. The number of hydrogen-bond donors (Lipinski definition) is 6. The van der Waals surface area contributed by atoms with Gasteiger partial charge in [-0.25, -0.2) is 0 Å². The molecule has 162 valence electrons. The van der Waals surface area contributed by atoms with Gasteiger partial charge in [-0.2, -0.15) is 0 Å². The third kappa shape index (κ3) is 7.73. The summed E-state index contributed by atoms with van der Waals surface area (Å²) in [6, 6.07) is -3.65. The number of amides is 3. The predicted octanol–water partition coefficient (Wildman–Crippen LogP) is -2.67. The van der Waals surface area contributed by atoms with Gasteiger partial charge in [0.15, 0.2) is 0 Å². The molecule has 1 saturated heterocycles. The van der Waals surface area contributed by atoms with Crippen LogP contribution in [-0.4, -0.2) is 87.1 Å². The lowest BCUT2D eigenvalue weighted by Crippen LogP contribution is -2.55. The van der Waals surface area contributed by atoms with Crippen molar-refractivity contribution in [1.29, 1.82) is 0 Å². The molecule has 0 aliphatic carbocycles. The fraction of sp³-hybridized carbons (Fsp3) is 0.625. The predicted molar refractivity (Wildman–Crippen MR) is 94.4 cm³/mol. The summed E-state index contributed by atoms with van der Waals surface area (Å²) < 4.78 is 0. The van der Waals surface area contributed by atoms with E-state index in [1.54, 1.807) is 0 Å². The highest BCUT2D eigenvalue weighted by Gasteiger charge is 2.38. The van der Waals surface area contributed by atoms with E-state index in [1.807, 2.05) is 0 Å². The average molecular weight is 416 g/mol. The summed E-state index contributed by atoms with van der Waals surface area (Å²) in [5.41, 5.74) is 5.57. The SMILES string of the molecule is NC(CC(=O)O)C(=O)N1CCCC1C(=O)NC(CCC(=O)O)C(=O)NCC(=O)O. The van der Waals surface area contributed by atoms with E-state index in [-0.39, 0.29) is 19.4 Å². The van der Waals surface area contributed by atoms with Crippen LogP contribution in [0.15, 0.2) is 0 Å². The minimum Gasteiger partial charge on any atom is -0.481 e. The Kier molecular flexibility index (Phi) is 8.99. The zero-order valence-corrected chi connectivity index (χ0v) is 15.5. The number of carbonyl (C=O) groups is 6. The van der Waals surface area contributed by atoms with Gasteiger partial charge in [0.25, 0.3) is 0 Å². The van der Waals surface area contributed by atoms with E-state index in [2.05, 4.69) is 10.6 Å². The average Bonchev–Trinajstić information content (AvgIpc) is 3.11. The third-order valence-corrected chi connectivity index (χ3v) is 4.24. The molecule has 1 rings (SSSR count). The van der Waals surface area contributed by atoms with Crippen molar-refractivity contribution in [1.82, 2.24) is 15.5 Å². The van der Waals surface area contributed by atoms with Crippen LogP contribution < -0.4 is 16.4 Å².